The van der Waals surface area contributed by atoms with Gasteiger partial charge in [-0.25, -0.2) is 0 Å². The van der Waals surface area contributed by atoms with Crippen molar-refractivity contribution >= 4 is 11.4 Å². The van der Waals surface area contributed by atoms with E-state index in [-0.39, 0.29) is 18.0 Å². The first-order valence-corrected chi connectivity index (χ1v) is 6.35. The number of methoxy groups -OCH3 is 1. The monoisotopic (exact) mass is 284 g/mol. The van der Waals surface area contributed by atoms with Crippen molar-refractivity contribution in [1.82, 2.24) is 0 Å². The summed E-state index contributed by atoms with van der Waals surface area (Å²) in [6.07, 6.45) is 0.811. The van der Waals surface area contributed by atoms with Crippen LogP contribution in [0.25, 0.3) is 0 Å². The molecule has 0 aliphatic rings. The Bertz CT molecular complexity index is 425. The summed E-state index contributed by atoms with van der Waals surface area (Å²) in [6.45, 7) is 1.87. The molecule has 0 radical (unpaired) electrons. The molecule has 7 heteroatoms. The van der Waals surface area contributed by atoms with E-state index in [9.17, 15) is 10.1 Å². The Morgan fingerprint density at radius 2 is 2.05 bits per heavy atom. The zero-order valence-corrected chi connectivity index (χ0v) is 11.8. The van der Waals surface area contributed by atoms with Gasteiger partial charge in [0.05, 0.1) is 11.5 Å². The fraction of sp³-hybridized carbons (Fsp3) is 0.538. The number of nitrogens with one attached hydrogen (secondary N) is 1. The van der Waals surface area contributed by atoms with Gasteiger partial charge in [-0.05, 0) is 18.6 Å². The minimum absolute atomic E-state index is 0.0608. The van der Waals surface area contributed by atoms with E-state index in [1.807, 2.05) is 0 Å². The summed E-state index contributed by atoms with van der Waals surface area (Å²) in [6, 6.07) is 4.91. The van der Waals surface area contributed by atoms with Crippen LogP contribution in [0.2, 0.25) is 0 Å². The summed E-state index contributed by atoms with van der Waals surface area (Å²) >= 11 is 0. The van der Waals surface area contributed by atoms with Gasteiger partial charge in [0.1, 0.15) is 12.3 Å². The van der Waals surface area contributed by atoms with Crippen LogP contribution in [0.4, 0.5) is 11.4 Å². The summed E-state index contributed by atoms with van der Waals surface area (Å²) in [4.78, 5) is 10.6. The lowest BCUT2D eigenvalue weighted by Gasteiger charge is -2.09. The number of nitro benzene ring substituents is 1. The van der Waals surface area contributed by atoms with E-state index in [2.05, 4.69) is 5.32 Å². The maximum absolute atomic E-state index is 11.0. The quantitative estimate of drug-likeness (QED) is 0.402. The average molecular weight is 284 g/mol. The number of hydrogen-bond acceptors (Lipinski definition) is 6. The van der Waals surface area contributed by atoms with Gasteiger partial charge in [-0.1, -0.05) is 6.07 Å². The van der Waals surface area contributed by atoms with Gasteiger partial charge in [0.25, 0.3) is 0 Å². The van der Waals surface area contributed by atoms with Gasteiger partial charge in [0.2, 0.25) is 0 Å². The summed E-state index contributed by atoms with van der Waals surface area (Å²) in [5.41, 5.74) is 0.364. The Morgan fingerprint density at radius 1 is 1.25 bits per heavy atom. The highest BCUT2D eigenvalue weighted by Gasteiger charge is 2.19. The molecule has 0 amide bonds. The molecule has 0 aliphatic heterocycles. The normalized spacial score (nSPS) is 10.3. The molecule has 0 spiro atoms. The summed E-state index contributed by atoms with van der Waals surface area (Å²) in [7, 11) is 3.27. The summed E-state index contributed by atoms with van der Waals surface area (Å²) in [5.74, 6) is 0.238. The maximum Gasteiger partial charge on any atom is 0.333 e. The van der Waals surface area contributed by atoms with E-state index >= 15 is 0 Å². The third-order valence-electron chi connectivity index (χ3n) is 2.57. The van der Waals surface area contributed by atoms with Crippen molar-refractivity contribution < 1.29 is 19.1 Å². The number of ether oxygens (including phenoxy) is 3. The minimum atomic E-state index is -0.458. The summed E-state index contributed by atoms with van der Waals surface area (Å²) in [5, 5.41) is 13.8. The Balaban J connectivity index is 2.45. The van der Waals surface area contributed by atoms with Crippen LogP contribution in [0.15, 0.2) is 18.2 Å². The maximum atomic E-state index is 11.0. The van der Waals surface area contributed by atoms with Crippen LogP contribution >= 0.6 is 0 Å². The molecule has 7 nitrogen and oxygen atoms in total. The number of nitrogens with zero attached hydrogens (tertiary/aromatic N) is 1. The molecule has 1 N–H and O–H groups in total. The van der Waals surface area contributed by atoms with Gasteiger partial charge in [0, 0.05) is 27.4 Å². The van der Waals surface area contributed by atoms with Crippen LogP contribution in [0.5, 0.6) is 5.75 Å². The Hall–Kier alpha value is -1.86. The molecule has 1 rings (SSSR count). The number of para-hydroxylation sites is 1. The smallest absolute Gasteiger partial charge is 0.333 e. The molecule has 0 saturated heterocycles. The van der Waals surface area contributed by atoms with Crippen LogP contribution < -0.4 is 10.1 Å². The van der Waals surface area contributed by atoms with Gasteiger partial charge in [-0.15, -0.1) is 0 Å². The largest absolute Gasteiger partial charge is 0.484 e. The zero-order valence-electron chi connectivity index (χ0n) is 11.8. The number of benzene rings is 1. The number of nitro groups is 1. The van der Waals surface area contributed by atoms with Gasteiger partial charge in [0.15, 0.2) is 5.75 Å². The van der Waals surface area contributed by atoms with Gasteiger partial charge >= 0.3 is 5.69 Å². The van der Waals surface area contributed by atoms with Gasteiger partial charge in [-0.3, -0.25) is 10.1 Å². The SMILES string of the molecule is CNc1cccc(OCCOCCCOC)c1[N+](=O)[O-]. The van der Waals surface area contributed by atoms with E-state index in [1.165, 1.54) is 0 Å². The lowest BCUT2D eigenvalue weighted by atomic mass is 10.2. The Morgan fingerprint density at radius 3 is 2.70 bits per heavy atom. The van der Waals surface area contributed by atoms with Crippen LogP contribution in [0.1, 0.15) is 6.42 Å². The third-order valence-corrected chi connectivity index (χ3v) is 2.57. The molecule has 0 saturated carbocycles. The molecular weight excluding hydrogens is 264 g/mol. The molecule has 0 fully saturated rings. The predicted octanol–water partition coefficient (Wildman–Crippen LogP) is 2.07. The highest BCUT2D eigenvalue weighted by Crippen LogP contribution is 2.34. The molecule has 0 bridgehead atoms. The van der Waals surface area contributed by atoms with Crippen molar-refractivity contribution in [3.8, 4) is 5.75 Å². The number of anilines is 1. The van der Waals surface area contributed by atoms with Crippen molar-refractivity contribution in [3.63, 3.8) is 0 Å². The lowest BCUT2D eigenvalue weighted by molar-refractivity contribution is -0.385. The topological polar surface area (TPSA) is 82.9 Å². The first kappa shape index (κ1) is 16.2. The van der Waals surface area contributed by atoms with Gasteiger partial charge < -0.3 is 19.5 Å². The second kappa shape index (κ2) is 9.11. The molecule has 0 unspecified atom stereocenters. The number of hydrogen-bond donors (Lipinski definition) is 1. The fourth-order valence-corrected chi connectivity index (χ4v) is 1.65. The van der Waals surface area contributed by atoms with Crippen molar-refractivity contribution in [2.24, 2.45) is 0 Å². The zero-order chi connectivity index (χ0) is 14.8. The molecule has 0 atom stereocenters. The molecule has 20 heavy (non-hydrogen) atoms. The van der Waals surface area contributed by atoms with Crippen molar-refractivity contribution in [1.29, 1.82) is 0 Å². The molecule has 1 aromatic carbocycles. The van der Waals surface area contributed by atoms with Gasteiger partial charge in [-0.2, -0.15) is 0 Å². The van der Waals surface area contributed by atoms with E-state index < -0.39 is 4.92 Å². The van der Waals surface area contributed by atoms with Crippen molar-refractivity contribution in [3.05, 3.63) is 28.3 Å². The van der Waals surface area contributed by atoms with Crippen molar-refractivity contribution in [2.45, 2.75) is 6.42 Å². The predicted molar refractivity (Wildman–Crippen MR) is 75.5 cm³/mol. The second-order valence-corrected chi connectivity index (χ2v) is 3.97. The average Bonchev–Trinajstić information content (AvgIpc) is 2.45. The number of rotatable bonds is 10. The van der Waals surface area contributed by atoms with Crippen LogP contribution in [0, 0.1) is 10.1 Å². The first-order valence-electron chi connectivity index (χ1n) is 6.35. The standard InChI is InChI=1S/C13H20N2O5/c1-14-11-5-3-6-12(13(11)15(16)17)20-10-9-19-8-4-7-18-2/h3,5-6,14H,4,7-10H2,1-2H3. The molecule has 112 valence electrons. The molecule has 0 aromatic heterocycles. The highest BCUT2D eigenvalue weighted by atomic mass is 16.6. The Labute approximate surface area is 118 Å². The Kier molecular flexibility index (Phi) is 7.38. The van der Waals surface area contributed by atoms with Crippen LogP contribution in [-0.4, -0.2) is 45.5 Å². The van der Waals surface area contributed by atoms with Crippen molar-refractivity contribution in [2.75, 3.05) is 45.9 Å². The minimum Gasteiger partial charge on any atom is -0.484 e. The molecule has 1 aromatic rings. The van der Waals surface area contributed by atoms with E-state index in [1.54, 1.807) is 32.4 Å². The lowest BCUT2D eigenvalue weighted by Crippen LogP contribution is -2.10. The first-order chi connectivity index (χ1) is 9.70. The van der Waals surface area contributed by atoms with Crippen LogP contribution in [0.3, 0.4) is 0 Å². The second-order valence-electron chi connectivity index (χ2n) is 3.97. The van der Waals surface area contributed by atoms with E-state index in [0.717, 1.165) is 6.42 Å². The third kappa shape index (κ3) is 5.02. The summed E-state index contributed by atoms with van der Waals surface area (Å²) < 4.78 is 15.6. The highest BCUT2D eigenvalue weighted by molar-refractivity contribution is 5.68. The van der Waals surface area contributed by atoms with E-state index in [4.69, 9.17) is 14.2 Å². The van der Waals surface area contributed by atoms with Crippen LogP contribution in [-0.2, 0) is 9.47 Å². The molecule has 0 heterocycles. The van der Waals surface area contributed by atoms with E-state index in [0.29, 0.717) is 25.5 Å². The molecular formula is C13H20N2O5. The fourth-order valence-electron chi connectivity index (χ4n) is 1.65. The molecule has 0 aliphatic carbocycles.